The average Bonchev–Trinajstić information content (AvgIpc) is 3.47. The zero-order valence-electron chi connectivity index (χ0n) is 21.4. The van der Waals surface area contributed by atoms with Crippen LogP contribution in [0.1, 0.15) is 41.9 Å². The van der Waals surface area contributed by atoms with Crippen LogP contribution in [0.4, 0.5) is 8.78 Å². The topological polar surface area (TPSA) is 134 Å². The number of hydrogen-bond donors (Lipinski definition) is 1. The van der Waals surface area contributed by atoms with Gasteiger partial charge < -0.3 is 19.7 Å². The molecule has 0 bridgehead atoms. The first-order valence-electron chi connectivity index (χ1n) is 12.2. The van der Waals surface area contributed by atoms with E-state index in [9.17, 15) is 4.39 Å². The van der Waals surface area contributed by atoms with Crippen molar-refractivity contribution in [3.63, 3.8) is 0 Å². The van der Waals surface area contributed by atoms with Gasteiger partial charge >= 0.3 is 0 Å². The van der Waals surface area contributed by atoms with Gasteiger partial charge in [-0.1, -0.05) is 16.9 Å². The third-order valence-corrected chi connectivity index (χ3v) is 8.45. The molecule has 0 amide bonds. The predicted molar refractivity (Wildman–Crippen MR) is 139 cm³/mol. The van der Waals surface area contributed by atoms with Gasteiger partial charge in [0.2, 0.25) is 5.88 Å². The number of nitrogens with zero attached hydrogens (tertiary/aromatic N) is 6. The third-order valence-electron chi connectivity index (χ3n) is 7.17. The van der Waals surface area contributed by atoms with Crippen LogP contribution >= 0.6 is 11.8 Å². The van der Waals surface area contributed by atoms with Gasteiger partial charge in [0.05, 0.1) is 34.3 Å². The van der Waals surface area contributed by atoms with Crippen molar-refractivity contribution in [3.8, 4) is 5.88 Å². The minimum absolute atomic E-state index is 0.0394. The minimum Gasteiger partial charge on any atom is -0.466 e. The molecule has 3 aromatic heterocycles. The van der Waals surface area contributed by atoms with Gasteiger partial charge in [-0.05, 0) is 44.0 Å². The van der Waals surface area contributed by atoms with Gasteiger partial charge in [0.1, 0.15) is 5.52 Å². The first kappa shape index (κ1) is 25.6. The molecule has 6 rings (SSSR count). The molecule has 0 unspecified atom stereocenters. The molecule has 39 heavy (non-hydrogen) atoms. The molecule has 13 heteroatoms. The lowest BCUT2D eigenvalue weighted by atomic mass is 9.84. The molecule has 202 valence electrons. The van der Waals surface area contributed by atoms with E-state index in [1.807, 2.05) is 6.92 Å². The van der Waals surface area contributed by atoms with Gasteiger partial charge in [-0.25, -0.2) is 18.7 Å². The highest BCUT2D eigenvalue weighted by Gasteiger charge is 2.66. The summed E-state index contributed by atoms with van der Waals surface area (Å²) in [7, 11) is 1.62. The van der Waals surface area contributed by atoms with Crippen molar-refractivity contribution >= 4 is 28.0 Å². The second kappa shape index (κ2) is 9.49. The normalized spacial score (nSPS) is 23.9. The van der Waals surface area contributed by atoms with Crippen molar-refractivity contribution in [2.45, 2.75) is 43.6 Å². The SMILES string of the molecule is COC[C@]12C[C@H]1[C@@](C)(c1cc(Cc3nccc4nc(OCc5nc(C)no5)cnc34)cc(F)c1F)N=C(N)S2. The summed E-state index contributed by atoms with van der Waals surface area (Å²) in [4.78, 5) is 22.1. The number of ether oxygens (including phenoxy) is 2. The molecule has 0 spiro atoms. The summed E-state index contributed by atoms with van der Waals surface area (Å²) in [6.45, 7) is 4.03. The maximum absolute atomic E-state index is 15.3. The van der Waals surface area contributed by atoms with Crippen molar-refractivity contribution in [1.82, 2.24) is 25.1 Å². The average molecular weight is 554 g/mol. The quantitative estimate of drug-likeness (QED) is 0.343. The molecular formula is C26H25F2N7O3S. The zero-order chi connectivity index (χ0) is 27.4. The highest BCUT2D eigenvalue weighted by atomic mass is 32.2. The lowest BCUT2D eigenvalue weighted by Gasteiger charge is -2.34. The summed E-state index contributed by atoms with van der Waals surface area (Å²) in [6, 6.07) is 4.53. The smallest absolute Gasteiger partial charge is 0.264 e. The second-order valence-corrected chi connectivity index (χ2v) is 11.4. The molecule has 1 fully saturated rings. The fourth-order valence-electron chi connectivity index (χ4n) is 5.36. The van der Waals surface area contributed by atoms with E-state index in [0.29, 0.717) is 45.8 Å². The number of methoxy groups -OCH3 is 1. The van der Waals surface area contributed by atoms with Crippen LogP contribution in [-0.4, -0.2) is 48.7 Å². The Morgan fingerprint density at radius 3 is 2.85 bits per heavy atom. The molecule has 1 saturated carbocycles. The number of aromatic nitrogens is 5. The number of rotatable bonds is 8. The number of aliphatic imine (C=N–C) groups is 1. The molecule has 1 aliphatic heterocycles. The molecule has 2 aliphatic rings. The lowest BCUT2D eigenvalue weighted by Crippen LogP contribution is -2.38. The Balaban J connectivity index is 1.30. The van der Waals surface area contributed by atoms with Crippen LogP contribution in [0.15, 0.2) is 40.1 Å². The predicted octanol–water partition coefficient (Wildman–Crippen LogP) is 3.85. The van der Waals surface area contributed by atoms with E-state index in [0.717, 1.165) is 6.42 Å². The standard InChI is InChI=1S/C26H25F2N7O3S/c1-13-32-21(38-35-13)11-37-20-10-31-23-17(33-20)4-5-30-18(23)8-14-6-15(22(28)16(27)7-14)25(2)19-9-26(19,12-36-3)39-24(29)34-25/h4-7,10,19H,8-9,11-12H2,1-3H3,(H2,29,34)/t19-,25+,26+/m0/s1. The number of thioether (sulfide) groups is 1. The molecule has 3 atom stereocenters. The maximum Gasteiger partial charge on any atom is 0.264 e. The zero-order valence-corrected chi connectivity index (χ0v) is 22.3. The van der Waals surface area contributed by atoms with E-state index < -0.39 is 17.2 Å². The Labute approximate surface area is 226 Å². The molecule has 4 aromatic rings. The first-order chi connectivity index (χ1) is 18.7. The van der Waals surface area contributed by atoms with Crippen molar-refractivity contribution < 1.29 is 22.8 Å². The fourth-order valence-corrected chi connectivity index (χ4v) is 6.81. The van der Waals surface area contributed by atoms with Crippen LogP contribution in [0.5, 0.6) is 5.88 Å². The Morgan fingerprint density at radius 1 is 1.23 bits per heavy atom. The molecule has 1 aromatic carbocycles. The van der Waals surface area contributed by atoms with Crippen molar-refractivity contribution in [2.75, 3.05) is 13.7 Å². The van der Waals surface area contributed by atoms with Gasteiger partial charge in [-0.15, -0.1) is 0 Å². The molecule has 2 N–H and O–H groups in total. The van der Waals surface area contributed by atoms with E-state index in [1.165, 1.54) is 24.0 Å². The Morgan fingerprint density at radius 2 is 2.08 bits per heavy atom. The largest absolute Gasteiger partial charge is 0.466 e. The van der Waals surface area contributed by atoms with Gasteiger partial charge in [0.25, 0.3) is 5.89 Å². The van der Waals surface area contributed by atoms with Gasteiger partial charge in [-0.2, -0.15) is 4.98 Å². The number of amidine groups is 1. The third kappa shape index (κ3) is 4.59. The van der Waals surface area contributed by atoms with Crippen molar-refractivity contribution in [2.24, 2.45) is 16.6 Å². The van der Waals surface area contributed by atoms with Gasteiger partial charge in [-0.3, -0.25) is 9.98 Å². The van der Waals surface area contributed by atoms with Crippen LogP contribution in [0, 0.1) is 24.5 Å². The summed E-state index contributed by atoms with van der Waals surface area (Å²) in [5.74, 6) is -0.817. The number of benzene rings is 1. The molecule has 1 aliphatic carbocycles. The Hall–Kier alpha value is -3.71. The van der Waals surface area contributed by atoms with E-state index in [1.54, 1.807) is 32.4 Å². The number of fused-ring (bicyclic) bond motifs is 2. The summed E-state index contributed by atoms with van der Waals surface area (Å²) < 4.78 is 46.1. The minimum atomic E-state index is -1.02. The molecule has 0 saturated heterocycles. The number of halogens is 2. The van der Waals surface area contributed by atoms with E-state index in [4.69, 9.17) is 19.7 Å². The monoisotopic (exact) mass is 553 g/mol. The highest BCUT2D eigenvalue weighted by Crippen LogP contribution is 2.66. The maximum atomic E-state index is 15.3. The summed E-state index contributed by atoms with van der Waals surface area (Å²) in [6.07, 6.45) is 4.00. The number of aryl methyl sites for hydroxylation is 1. The molecular weight excluding hydrogens is 528 g/mol. The Kier molecular flexibility index (Phi) is 6.22. The highest BCUT2D eigenvalue weighted by molar-refractivity contribution is 8.15. The van der Waals surface area contributed by atoms with Crippen LogP contribution in [0.3, 0.4) is 0 Å². The Bertz CT molecular complexity index is 1620. The lowest BCUT2D eigenvalue weighted by molar-refractivity contribution is 0.184. The first-order valence-corrected chi connectivity index (χ1v) is 13.1. The van der Waals surface area contributed by atoms with E-state index in [-0.39, 0.29) is 35.1 Å². The number of nitrogens with two attached hydrogens (primary N) is 1. The van der Waals surface area contributed by atoms with Crippen molar-refractivity contribution in [1.29, 1.82) is 0 Å². The van der Waals surface area contributed by atoms with Crippen LogP contribution in [-0.2, 0) is 23.3 Å². The number of pyridine rings is 1. The molecule has 4 heterocycles. The molecule has 0 radical (unpaired) electrons. The van der Waals surface area contributed by atoms with E-state index in [2.05, 4.69) is 30.1 Å². The second-order valence-electron chi connectivity index (χ2n) is 9.93. The van der Waals surface area contributed by atoms with Crippen molar-refractivity contribution in [3.05, 3.63) is 70.8 Å². The van der Waals surface area contributed by atoms with Crippen LogP contribution in [0.25, 0.3) is 11.0 Å². The summed E-state index contributed by atoms with van der Waals surface area (Å²) in [5.41, 5.74) is 7.45. The van der Waals surface area contributed by atoms with Crippen LogP contribution in [0.2, 0.25) is 0 Å². The number of hydrogen-bond acceptors (Lipinski definition) is 11. The fraction of sp³-hybridized carbons (Fsp3) is 0.385. The van der Waals surface area contributed by atoms with Gasteiger partial charge in [0.15, 0.2) is 29.2 Å². The molecule has 10 nitrogen and oxygen atoms in total. The summed E-state index contributed by atoms with van der Waals surface area (Å²) in [5, 5.41) is 4.06. The van der Waals surface area contributed by atoms with Crippen LogP contribution < -0.4 is 10.5 Å². The summed E-state index contributed by atoms with van der Waals surface area (Å²) >= 11 is 1.45. The van der Waals surface area contributed by atoms with E-state index >= 15 is 4.39 Å². The van der Waals surface area contributed by atoms with Gasteiger partial charge in [0, 0.05) is 31.2 Å².